The Balaban J connectivity index is 1.49. The second kappa shape index (κ2) is 6.94. The molecule has 2 aromatic carbocycles. The van der Waals surface area contributed by atoms with E-state index in [-0.39, 0.29) is 11.8 Å². The molecule has 0 radical (unpaired) electrons. The minimum atomic E-state index is 0.119. The number of nitrogens with one attached hydrogen (secondary N) is 2. The smallest absolute Gasteiger partial charge is 0.227 e. The molecule has 25 heavy (non-hydrogen) atoms. The molecule has 4 nitrogen and oxygen atoms in total. The van der Waals surface area contributed by atoms with Gasteiger partial charge in [0.05, 0.1) is 10.2 Å². The van der Waals surface area contributed by atoms with Gasteiger partial charge in [0.1, 0.15) is 5.01 Å². The van der Waals surface area contributed by atoms with Crippen molar-refractivity contribution in [1.82, 2.24) is 10.3 Å². The zero-order valence-electron chi connectivity index (χ0n) is 14.2. The Morgan fingerprint density at radius 2 is 1.92 bits per heavy atom. The molecule has 1 aliphatic heterocycles. The van der Waals surface area contributed by atoms with Crippen LogP contribution in [0, 0.1) is 12.8 Å². The van der Waals surface area contributed by atoms with Crippen molar-refractivity contribution in [2.75, 3.05) is 18.4 Å². The van der Waals surface area contributed by atoms with Gasteiger partial charge in [0.25, 0.3) is 0 Å². The van der Waals surface area contributed by atoms with Crippen molar-refractivity contribution >= 4 is 33.1 Å². The summed E-state index contributed by atoms with van der Waals surface area (Å²) in [7, 11) is 0. The van der Waals surface area contributed by atoms with Crippen molar-refractivity contribution in [3.63, 3.8) is 0 Å². The lowest BCUT2D eigenvalue weighted by atomic mass is 9.97. The van der Waals surface area contributed by atoms with Gasteiger partial charge in [-0.05, 0) is 74.8 Å². The van der Waals surface area contributed by atoms with E-state index in [1.54, 1.807) is 11.3 Å². The number of anilines is 1. The fourth-order valence-electron chi connectivity index (χ4n) is 3.18. The van der Waals surface area contributed by atoms with Gasteiger partial charge in [-0.2, -0.15) is 0 Å². The van der Waals surface area contributed by atoms with E-state index in [0.29, 0.717) is 0 Å². The molecule has 0 atom stereocenters. The first-order valence-corrected chi connectivity index (χ1v) is 9.50. The van der Waals surface area contributed by atoms with Crippen LogP contribution in [0.15, 0.2) is 42.5 Å². The highest BCUT2D eigenvalue weighted by atomic mass is 32.1. The standard InChI is InChI=1S/C20H21N3OS/c1-13-2-7-17-18(12-13)25-20(23-17)15-3-5-16(6-4-15)22-19(24)14-8-10-21-11-9-14/h2-7,12,14,21H,8-11H2,1H3,(H,22,24). The fraction of sp³-hybridized carbons (Fsp3) is 0.300. The van der Waals surface area contributed by atoms with Gasteiger partial charge in [-0.3, -0.25) is 4.79 Å². The number of fused-ring (bicyclic) bond motifs is 1. The number of amides is 1. The molecule has 1 fully saturated rings. The van der Waals surface area contributed by atoms with Gasteiger partial charge in [0.2, 0.25) is 5.91 Å². The van der Waals surface area contributed by atoms with E-state index in [9.17, 15) is 4.79 Å². The van der Waals surface area contributed by atoms with Gasteiger partial charge in [-0.25, -0.2) is 4.98 Å². The van der Waals surface area contributed by atoms with Crippen LogP contribution in [0.2, 0.25) is 0 Å². The van der Waals surface area contributed by atoms with Crippen LogP contribution in [-0.4, -0.2) is 24.0 Å². The molecule has 128 valence electrons. The van der Waals surface area contributed by atoms with Gasteiger partial charge in [-0.15, -0.1) is 11.3 Å². The predicted octanol–water partition coefficient (Wildman–Crippen LogP) is 4.21. The number of hydrogen-bond acceptors (Lipinski definition) is 4. The van der Waals surface area contributed by atoms with Gasteiger partial charge in [0.15, 0.2) is 0 Å². The third-order valence-corrected chi connectivity index (χ3v) is 5.72. The summed E-state index contributed by atoms with van der Waals surface area (Å²) < 4.78 is 1.21. The Morgan fingerprint density at radius 1 is 1.16 bits per heavy atom. The van der Waals surface area contributed by atoms with Crippen LogP contribution in [0.5, 0.6) is 0 Å². The highest BCUT2D eigenvalue weighted by Crippen LogP contribution is 2.31. The summed E-state index contributed by atoms with van der Waals surface area (Å²) >= 11 is 1.70. The monoisotopic (exact) mass is 351 g/mol. The molecule has 0 aliphatic carbocycles. The minimum absolute atomic E-state index is 0.119. The lowest BCUT2D eigenvalue weighted by molar-refractivity contribution is -0.120. The van der Waals surface area contributed by atoms with Crippen LogP contribution < -0.4 is 10.6 Å². The van der Waals surface area contributed by atoms with Crippen LogP contribution in [0.25, 0.3) is 20.8 Å². The molecule has 5 heteroatoms. The first-order chi connectivity index (χ1) is 12.2. The van der Waals surface area contributed by atoms with Crippen LogP contribution in [0.4, 0.5) is 5.69 Å². The molecule has 1 aliphatic rings. The molecule has 0 spiro atoms. The summed E-state index contributed by atoms with van der Waals surface area (Å²) in [6, 6.07) is 14.3. The number of rotatable bonds is 3. The summed E-state index contributed by atoms with van der Waals surface area (Å²) in [4.78, 5) is 17.0. The molecule has 2 N–H and O–H groups in total. The van der Waals surface area contributed by atoms with Crippen LogP contribution in [0.1, 0.15) is 18.4 Å². The Kier molecular flexibility index (Phi) is 4.51. The molecule has 2 heterocycles. The fourth-order valence-corrected chi connectivity index (χ4v) is 4.25. The quantitative estimate of drug-likeness (QED) is 0.743. The molecule has 4 rings (SSSR count). The van der Waals surface area contributed by atoms with Crippen molar-refractivity contribution < 1.29 is 4.79 Å². The lowest BCUT2D eigenvalue weighted by Gasteiger charge is -2.21. The van der Waals surface area contributed by atoms with Crippen LogP contribution in [0.3, 0.4) is 0 Å². The zero-order valence-corrected chi connectivity index (χ0v) is 15.0. The average molecular weight is 351 g/mol. The number of aryl methyl sites for hydroxylation is 1. The highest BCUT2D eigenvalue weighted by molar-refractivity contribution is 7.21. The first-order valence-electron chi connectivity index (χ1n) is 8.68. The van der Waals surface area contributed by atoms with Crippen molar-refractivity contribution in [3.8, 4) is 10.6 Å². The largest absolute Gasteiger partial charge is 0.326 e. The molecule has 0 saturated carbocycles. The normalized spacial score (nSPS) is 15.4. The number of aromatic nitrogens is 1. The topological polar surface area (TPSA) is 54.0 Å². The highest BCUT2D eigenvalue weighted by Gasteiger charge is 2.20. The van der Waals surface area contributed by atoms with Gasteiger partial charge >= 0.3 is 0 Å². The first kappa shape index (κ1) is 16.2. The van der Waals surface area contributed by atoms with E-state index in [2.05, 4.69) is 35.8 Å². The summed E-state index contributed by atoms with van der Waals surface area (Å²) in [5.41, 5.74) is 4.22. The summed E-state index contributed by atoms with van der Waals surface area (Å²) in [5, 5.41) is 7.34. The minimum Gasteiger partial charge on any atom is -0.326 e. The summed E-state index contributed by atoms with van der Waals surface area (Å²) in [6.45, 7) is 3.95. The molecule has 1 saturated heterocycles. The Bertz CT molecular complexity index is 895. The lowest BCUT2D eigenvalue weighted by Crippen LogP contribution is -2.34. The molecule has 0 bridgehead atoms. The zero-order chi connectivity index (χ0) is 17.2. The van der Waals surface area contributed by atoms with E-state index >= 15 is 0 Å². The second-order valence-electron chi connectivity index (χ2n) is 6.58. The predicted molar refractivity (Wildman–Crippen MR) is 104 cm³/mol. The second-order valence-corrected chi connectivity index (χ2v) is 7.61. The van der Waals surface area contributed by atoms with Gasteiger partial charge in [-0.1, -0.05) is 6.07 Å². The molecule has 1 aromatic heterocycles. The maximum absolute atomic E-state index is 12.3. The maximum atomic E-state index is 12.3. The van der Waals surface area contributed by atoms with Crippen molar-refractivity contribution in [2.24, 2.45) is 5.92 Å². The Labute approximate surface area is 151 Å². The molecular formula is C20H21N3OS. The maximum Gasteiger partial charge on any atom is 0.227 e. The van der Waals surface area contributed by atoms with Crippen molar-refractivity contribution in [3.05, 3.63) is 48.0 Å². The molecule has 0 unspecified atom stereocenters. The van der Waals surface area contributed by atoms with E-state index in [1.165, 1.54) is 10.3 Å². The molecular weight excluding hydrogens is 330 g/mol. The number of thiazole rings is 1. The number of carbonyl (C=O) groups is 1. The van der Waals surface area contributed by atoms with Crippen LogP contribution >= 0.6 is 11.3 Å². The molecule has 3 aromatic rings. The Morgan fingerprint density at radius 3 is 2.68 bits per heavy atom. The van der Waals surface area contributed by atoms with E-state index in [1.807, 2.05) is 24.3 Å². The van der Waals surface area contributed by atoms with Crippen molar-refractivity contribution in [1.29, 1.82) is 0 Å². The van der Waals surface area contributed by atoms with E-state index < -0.39 is 0 Å². The Hall–Kier alpha value is -2.24. The average Bonchev–Trinajstić information content (AvgIpc) is 3.06. The van der Waals surface area contributed by atoms with E-state index in [0.717, 1.165) is 47.7 Å². The van der Waals surface area contributed by atoms with Gasteiger partial charge in [0, 0.05) is 17.2 Å². The summed E-state index contributed by atoms with van der Waals surface area (Å²) in [5.74, 6) is 0.248. The third-order valence-electron chi connectivity index (χ3n) is 4.65. The van der Waals surface area contributed by atoms with Gasteiger partial charge < -0.3 is 10.6 Å². The van der Waals surface area contributed by atoms with Crippen molar-refractivity contribution in [2.45, 2.75) is 19.8 Å². The number of carbonyl (C=O) groups excluding carboxylic acids is 1. The number of hydrogen-bond donors (Lipinski definition) is 2. The third kappa shape index (κ3) is 3.57. The van der Waals surface area contributed by atoms with Crippen LogP contribution in [-0.2, 0) is 4.79 Å². The van der Waals surface area contributed by atoms with E-state index in [4.69, 9.17) is 4.98 Å². The number of benzene rings is 2. The number of nitrogens with zero attached hydrogens (tertiary/aromatic N) is 1. The summed E-state index contributed by atoms with van der Waals surface area (Å²) in [6.07, 6.45) is 1.82. The SMILES string of the molecule is Cc1ccc2nc(-c3ccc(NC(=O)C4CCNCC4)cc3)sc2c1. The number of piperidine rings is 1. The molecule has 1 amide bonds.